The Hall–Kier alpha value is -2.84. The first-order valence-electron chi connectivity index (χ1n) is 15.1. The van der Waals surface area contributed by atoms with Crippen molar-refractivity contribution in [3.63, 3.8) is 0 Å². The highest BCUT2D eigenvalue weighted by Gasteiger charge is 2.61. The van der Waals surface area contributed by atoms with Gasteiger partial charge in [0.25, 0.3) is 0 Å². The Balaban J connectivity index is 1.61. The third-order valence-electron chi connectivity index (χ3n) is 9.47. The van der Waals surface area contributed by atoms with Gasteiger partial charge in [-0.1, -0.05) is 50.5 Å². The molecule has 0 spiro atoms. The van der Waals surface area contributed by atoms with Crippen LogP contribution in [0, 0.1) is 29.6 Å². The highest BCUT2D eigenvalue weighted by atomic mass is 32.2. The molecule has 0 saturated heterocycles. The Morgan fingerprint density at radius 3 is 2.57 bits per heavy atom. The predicted octanol–water partition coefficient (Wildman–Crippen LogP) is 7.22. The molecular weight excluding hydrogens is 552 g/mol. The molecule has 8 heteroatoms. The molecule has 0 amide bonds. The highest BCUT2D eigenvalue weighted by molar-refractivity contribution is 8.13. The molecule has 42 heavy (non-hydrogen) atoms. The van der Waals surface area contributed by atoms with Crippen LogP contribution in [-0.2, 0) is 16.0 Å². The molecule has 7 atom stereocenters. The molecule has 7 nitrogen and oxygen atoms in total. The van der Waals surface area contributed by atoms with Gasteiger partial charge in [-0.15, -0.1) is 0 Å². The van der Waals surface area contributed by atoms with Crippen molar-refractivity contribution in [1.82, 2.24) is 0 Å². The second-order valence-corrected chi connectivity index (χ2v) is 13.3. The smallest absolute Gasteiger partial charge is 0.373 e. The third-order valence-corrected chi connectivity index (χ3v) is 10.2. The van der Waals surface area contributed by atoms with E-state index in [1.54, 1.807) is 13.0 Å². The van der Waals surface area contributed by atoms with Gasteiger partial charge in [-0.05, 0) is 99.2 Å². The van der Waals surface area contributed by atoms with Crippen LogP contribution >= 0.6 is 11.8 Å². The number of carbonyl (C=O) groups excluding carboxylic acids is 2. The summed E-state index contributed by atoms with van der Waals surface area (Å²) < 4.78 is 5.96. The minimum atomic E-state index is -1.16. The van der Waals surface area contributed by atoms with E-state index in [0.717, 1.165) is 61.4 Å². The Labute approximate surface area is 253 Å². The summed E-state index contributed by atoms with van der Waals surface area (Å²) in [5, 5.41) is 30.8. The summed E-state index contributed by atoms with van der Waals surface area (Å²) in [5.41, 5.74) is 4.26. The van der Waals surface area contributed by atoms with Gasteiger partial charge in [-0.3, -0.25) is 4.79 Å². The monoisotopic (exact) mass is 596 g/mol. The van der Waals surface area contributed by atoms with Gasteiger partial charge in [0.2, 0.25) is 0 Å². The number of aliphatic carboxylic acids is 1. The maximum atomic E-state index is 13.3. The zero-order chi connectivity index (χ0) is 30.9. The van der Waals surface area contributed by atoms with Gasteiger partial charge in [-0.2, -0.15) is 0 Å². The fourth-order valence-corrected chi connectivity index (χ4v) is 8.14. The summed E-state index contributed by atoms with van der Waals surface area (Å²) in [5.74, 6) is -2.89. The minimum absolute atomic E-state index is 0.0538. The van der Waals surface area contributed by atoms with Crippen LogP contribution in [0.1, 0.15) is 83.8 Å². The summed E-state index contributed by atoms with van der Waals surface area (Å²) in [6.07, 6.45) is 6.92. The number of phenols is 1. The molecule has 228 valence electrons. The molecule has 3 N–H and O–H groups in total. The number of Topliss-reactive ketones (excluding diaryl/α,β-unsaturated/α-hetero) is 1. The van der Waals surface area contributed by atoms with Crippen LogP contribution in [-0.4, -0.2) is 44.2 Å². The van der Waals surface area contributed by atoms with Crippen molar-refractivity contribution in [3.8, 4) is 11.5 Å². The molecule has 0 bridgehead atoms. The van der Waals surface area contributed by atoms with Gasteiger partial charge in [0.15, 0.2) is 0 Å². The van der Waals surface area contributed by atoms with Crippen molar-refractivity contribution in [3.05, 3.63) is 58.2 Å². The first-order chi connectivity index (χ1) is 19.9. The number of aliphatic hydroxyl groups excluding tert-OH is 1. The van der Waals surface area contributed by atoms with Crippen LogP contribution in [0.3, 0.4) is 0 Å². The topological polar surface area (TPSA) is 121 Å². The number of carboxylic acids is 1. The number of hydrogen-bond acceptors (Lipinski definition) is 7. The third kappa shape index (κ3) is 6.25. The van der Waals surface area contributed by atoms with Crippen molar-refractivity contribution in [2.75, 3.05) is 5.75 Å². The number of phenolic OH excluding ortho intramolecular Hbond substituents is 1. The maximum absolute atomic E-state index is 13.3. The zero-order valence-electron chi connectivity index (χ0n) is 25.3. The van der Waals surface area contributed by atoms with Gasteiger partial charge in [0, 0.05) is 28.7 Å². The van der Waals surface area contributed by atoms with E-state index in [2.05, 4.69) is 26.5 Å². The molecule has 4 rings (SSSR count). The summed E-state index contributed by atoms with van der Waals surface area (Å²) in [4.78, 5) is 38.2. The highest BCUT2D eigenvalue weighted by Crippen LogP contribution is 2.56. The van der Waals surface area contributed by atoms with Gasteiger partial charge in [0.05, 0.1) is 12.0 Å². The Kier molecular flexibility index (Phi) is 10.1. The molecule has 2 unspecified atom stereocenters. The number of carboxylic acid groups (broad SMARTS) is 1. The maximum Gasteiger partial charge on any atom is 0.373 e. The van der Waals surface area contributed by atoms with E-state index < -0.39 is 29.2 Å². The van der Waals surface area contributed by atoms with Gasteiger partial charge < -0.3 is 20.1 Å². The number of fused-ring (bicyclic) bond motifs is 1. The molecule has 3 aliphatic carbocycles. The second-order valence-electron chi connectivity index (χ2n) is 12.4. The number of aliphatic hydroxyl groups is 1. The molecule has 1 saturated carbocycles. The molecule has 0 aromatic heterocycles. The molecule has 0 heterocycles. The molecule has 1 fully saturated rings. The van der Waals surface area contributed by atoms with E-state index in [1.165, 1.54) is 5.57 Å². The number of rotatable bonds is 11. The van der Waals surface area contributed by atoms with Crippen LogP contribution in [0.2, 0.25) is 0 Å². The standard InChI is InChI=1S/C34H44O7S/c1-7-8-9-10-21-14-25(36)29(23-13-18(4)11-12-22(23)17(2)3)26(15-21)41-34(40)42-16-24-19(5)27-28(20(6)35)32(37)31(27)30(24)33(38)39/h13-15,19-20,22-23,27-28,31,35-36H,2,7-12,16H2,1,3-6H3,(H,38,39)/t19-,20+,22-,23+,27?,28+,31?/m0/s1. The lowest BCUT2D eigenvalue weighted by Gasteiger charge is -2.43. The number of hydrogen-bond donors (Lipinski definition) is 3. The first-order valence-corrected chi connectivity index (χ1v) is 16.1. The number of ketones is 1. The Morgan fingerprint density at radius 2 is 1.95 bits per heavy atom. The fourth-order valence-electron chi connectivity index (χ4n) is 7.30. The van der Waals surface area contributed by atoms with Crippen molar-refractivity contribution < 1.29 is 34.4 Å². The lowest BCUT2D eigenvalue weighted by atomic mass is 9.59. The van der Waals surface area contributed by atoms with Crippen molar-refractivity contribution in [2.45, 2.75) is 85.2 Å². The van der Waals surface area contributed by atoms with Crippen molar-refractivity contribution >= 4 is 28.8 Å². The summed E-state index contributed by atoms with van der Waals surface area (Å²) in [6, 6.07) is 3.63. The van der Waals surface area contributed by atoms with E-state index in [9.17, 15) is 29.7 Å². The minimum Gasteiger partial charge on any atom is -0.507 e. The van der Waals surface area contributed by atoms with Gasteiger partial charge >= 0.3 is 11.3 Å². The normalized spacial score (nSPS) is 27.7. The first kappa shape index (κ1) is 32.1. The van der Waals surface area contributed by atoms with Crippen LogP contribution < -0.4 is 4.74 Å². The summed E-state index contributed by atoms with van der Waals surface area (Å²) in [7, 11) is 0. The predicted molar refractivity (Wildman–Crippen MR) is 165 cm³/mol. The number of carbonyl (C=O) groups is 3. The molecule has 0 radical (unpaired) electrons. The average molecular weight is 597 g/mol. The number of unbranched alkanes of at least 4 members (excludes halogenated alkanes) is 2. The zero-order valence-corrected chi connectivity index (χ0v) is 26.1. The number of ether oxygens (including phenoxy) is 1. The molecule has 1 aromatic carbocycles. The van der Waals surface area contributed by atoms with E-state index in [-0.39, 0.29) is 46.5 Å². The SMILES string of the molecule is C=C(C)[C@@H]1CCC(C)=C[C@H]1c1c(O)cc(CCCCC)cc1OC(=O)SCC1=C(C(=O)O)C2C(=O)[C@H]([C@@H](C)O)C2[C@H]1C. The second kappa shape index (κ2) is 13.2. The molecule has 1 aromatic rings. The number of thioether (sulfide) groups is 1. The van der Waals surface area contributed by atoms with Crippen molar-refractivity contribution in [1.29, 1.82) is 0 Å². The van der Waals surface area contributed by atoms with Gasteiger partial charge in [0.1, 0.15) is 17.3 Å². The van der Waals surface area contributed by atoms with Crippen LogP contribution in [0.5, 0.6) is 11.5 Å². The van der Waals surface area contributed by atoms with Crippen LogP contribution in [0.25, 0.3) is 0 Å². The lowest BCUT2D eigenvalue weighted by Crippen LogP contribution is -2.53. The quantitative estimate of drug-likeness (QED) is 0.139. The van der Waals surface area contributed by atoms with E-state index in [4.69, 9.17) is 4.74 Å². The number of benzene rings is 1. The van der Waals surface area contributed by atoms with E-state index in [1.807, 2.05) is 19.9 Å². The molecule has 3 aliphatic rings. The number of aryl methyl sites for hydroxylation is 1. The molecule has 0 aliphatic heterocycles. The van der Waals surface area contributed by atoms with Crippen LogP contribution in [0.4, 0.5) is 4.79 Å². The van der Waals surface area contributed by atoms with E-state index in [0.29, 0.717) is 16.9 Å². The number of allylic oxidation sites excluding steroid dienone is 3. The van der Waals surface area contributed by atoms with Crippen LogP contribution in [0.15, 0.2) is 47.1 Å². The Morgan fingerprint density at radius 1 is 1.24 bits per heavy atom. The lowest BCUT2D eigenvalue weighted by molar-refractivity contribution is -0.151. The Bertz CT molecular complexity index is 1320. The largest absolute Gasteiger partial charge is 0.507 e. The summed E-state index contributed by atoms with van der Waals surface area (Å²) in [6.45, 7) is 13.8. The number of aromatic hydroxyl groups is 1. The van der Waals surface area contributed by atoms with E-state index >= 15 is 0 Å². The fraction of sp³-hybridized carbons (Fsp3) is 0.559. The average Bonchev–Trinajstić information content (AvgIpc) is 3.15. The van der Waals surface area contributed by atoms with Crippen molar-refractivity contribution in [2.24, 2.45) is 29.6 Å². The molecular formula is C34H44O7S. The summed E-state index contributed by atoms with van der Waals surface area (Å²) >= 11 is 0.862. The van der Waals surface area contributed by atoms with Gasteiger partial charge in [-0.25, -0.2) is 9.59 Å².